The lowest BCUT2D eigenvalue weighted by molar-refractivity contribution is 0.401. The third kappa shape index (κ3) is 9.98. The molecule has 0 heterocycles. The standard InChI is InChI=1S/C8H19BO2/c1-2-3-4-5-6-7-8-9(10)11/h10-11H,2-8H2,1H3. The van der Waals surface area contributed by atoms with E-state index in [0.717, 1.165) is 12.8 Å². The van der Waals surface area contributed by atoms with Gasteiger partial charge in [-0.3, -0.25) is 0 Å². The zero-order chi connectivity index (χ0) is 8.53. The summed E-state index contributed by atoms with van der Waals surface area (Å²) in [7, 11) is -1.10. The van der Waals surface area contributed by atoms with Crippen LogP contribution in [0.3, 0.4) is 0 Å². The summed E-state index contributed by atoms with van der Waals surface area (Å²) in [5.41, 5.74) is 0. The van der Waals surface area contributed by atoms with Gasteiger partial charge in [-0.05, 0) is 6.32 Å². The lowest BCUT2D eigenvalue weighted by atomic mass is 9.83. The van der Waals surface area contributed by atoms with Crippen molar-refractivity contribution in [2.45, 2.75) is 51.8 Å². The highest BCUT2D eigenvalue weighted by molar-refractivity contribution is 6.40. The third-order valence-corrected chi connectivity index (χ3v) is 1.82. The van der Waals surface area contributed by atoms with Crippen LogP contribution >= 0.6 is 0 Å². The maximum Gasteiger partial charge on any atom is 0.451 e. The lowest BCUT2D eigenvalue weighted by Gasteiger charge is -1.99. The molecule has 0 unspecified atom stereocenters. The molecule has 0 fully saturated rings. The van der Waals surface area contributed by atoms with Gasteiger partial charge in [0.1, 0.15) is 0 Å². The van der Waals surface area contributed by atoms with E-state index in [4.69, 9.17) is 10.0 Å². The molecule has 0 bridgehead atoms. The molecule has 0 saturated carbocycles. The van der Waals surface area contributed by atoms with Crippen molar-refractivity contribution in [2.75, 3.05) is 0 Å². The zero-order valence-corrected chi connectivity index (χ0v) is 7.42. The Hall–Kier alpha value is -0.0151. The molecular weight excluding hydrogens is 139 g/mol. The van der Waals surface area contributed by atoms with E-state index in [2.05, 4.69) is 6.92 Å². The maximum absolute atomic E-state index is 8.51. The fraction of sp³-hybridized carbons (Fsp3) is 1.00. The molecule has 2 nitrogen and oxygen atoms in total. The minimum absolute atomic E-state index is 0.534. The monoisotopic (exact) mass is 158 g/mol. The molecule has 2 N–H and O–H groups in total. The van der Waals surface area contributed by atoms with Crippen molar-refractivity contribution >= 4 is 7.12 Å². The molecule has 0 spiro atoms. The number of hydrogen-bond donors (Lipinski definition) is 2. The van der Waals surface area contributed by atoms with E-state index in [1.54, 1.807) is 0 Å². The van der Waals surface area contributed by atoms with Crippen LogP contribution in [-0.4, -0.2) is 17.2 Å². The van der Waals surface area contributed by atoms with Crippen LogP contribution in [-0.2, 0) is 0 Å². The van der Waals surface area contributed by atoms with Crippen LogP contribution in [0.1, 0.15) is 45.4 Å². The second-order valence-corrected chi connectivity index (χ2v) is 3.04. The molecule has 0 amide bonds. The Morgan fingerprint density at radius 3 is 2.00 bits per heavy atom. The second kappa shape index (κ2) is 8.09. The second-order valence-electron chi connectivity index (χ2n) is 3.04. The smallest absolute Gasteiger partial charge is 0.427 e. The van der Waals surface area contributed by atoms with E-state index in [1.807, 2.05) is 0 Å². The summed E-state index contributed by atoms with van der Waals surface area (Å²) in [5.74, 6) is 0. The van der Waals surface area contributed by atoms with Crippen molar-refractivity contribution in [3.63, 3.8) is 0 Å². The van der Waals surface area contributed by atoms with Crippen molar-refractivity contribution in [3.8, 4) is 0 Å². The molecular formula is C8H19BO2. The van der Waals surface area contributed by atoms with Gasteiger partial charge in [-0.2, -0.15) is 0 Å². The molecule has 0 rings (SSSR count). The predicted molar refractivity (Wildman–Crippen MR) is 48.4 cm³/mol. The van der Waals surface area contributed by atoms with Crippen LogP contribution < -0.4 is 0 Å². The predicted octanol–water partition coefficient (Wildman–Crippen LogP) is 1.82. The van der Waals surface area contributed by atoms with Crippen molar-refractivity contribution in [1.29, 1.82) is 0 Å². The Balaban J connectivity index is 2.80. The summed E-state index contributed by atoms with van der Waals surface area (Å²) < 4.78 is 0. The van der Waals surface area contributed by atoms with Gasteiger partial charge in [0.05, 0.1) is 0 Å². The molecule has 0 saturated heterocycles. The number of rotatable bonds is 7. The van der Waals surface area contributed by atoms with Crippen molar-refractivity contribution < 1.29 is 10.0 Å². The molecule has 0 radical (unpaired) electrons. The van der Waals surface area contributed by atoms with Crippen LogP contribution in [0.4, 0.5) is 0 Å². The summed E-state index contributed by atoms with van der Waals surface area (Å²) in [6.45, 7) is 2.19. The summed E-state index contributed by atoms with van der Waals surface area (Å²) in [5, 5.41) is 17.0. The van der Waals surface area contributed by atoms with Crippen molar-refractivity contribution in [2.24, 2.45) is 0 Å². The Bertz CT molecular complexity index is 76.5. The van der Waals surface area contributed by atoms with Gasteiger partial charge in [0.25, 0.3) is 0 Å². The first-order chi connectivity index (χ1) is 5.27. The SMILES string of the molecule is CCCCCCCCB(O)O. The van der Waals surface area contributed by atoms with Gasteiger partial charge in [0.2, 0.25) is 0 Å². The van der Waals surface area contributed by atoms with Gasteiger partial charge in [0.15, 0.2) is 0 Å². The molecule has 0 aliphatic carbocycles. The fourth-order valence-corrected chi connectivity index (χ4v) is 1.11. The summed E-state index contributed by atoms with van der Waals surface area (Å²) >= 11 is 0. The topological polar surface area (TPSA) is 40.5 Å². The molecule has 3 heteroatoms. The lowest BCUT2D eigenvalue weighted by Crippen LogP contribution is -2.09. The normalized spacial score (nSPS) is 10.1. The number of hydrogen-bond acceptors (Lipinski definition) is 2. The van der Waals surface area contributed by atoms with E-state index in [1.165, 1.54) is 25.7 Å². The van der Waals surface area contributed by atoms with E-state index >= 15 is 0 Å². The van der Waals surface area contributed by atoms with Crippen LogP contribution in [0.15, 0.2) is 0 Å². The van der Waals surface area contributed by atoms with Crippen LogP contribution in [0.5, 0.6) is 0 Å². The first kappa shape index (κ1) is 11.0. The molecule has 0 atom stereocenters. The van der Waals surface area contributed by atoms with Crippen LogP contribution in [0.2, 0.25) is 6.32 Å². The van der Waals surface area contributed by atoms with E-state index in [9.17, 15) is 0 Å². The molecule has 66 valence electrons. The van der Waals surface area contributed by atoms with E-state index in [0.29, 0.717) is 6.32 Å². The highest BCUT2D eigenvalue weighted by atomic mass is 16.4. The highest BCUT2D eigenvalue weighted by Gasteiger charge is 2.03. The molecule has 0 aliphatic heterocycles. The molecule has 0 aromatic rings. The van der Waals surface area contributed by atoms with Gasteiger partial charge < -0.3 is 10.0 Å². The van der Waals surface area contributed by atoms with Crippen LogP contribution in [0, 0.1) is 0 Å². The minimum Gasteiger partial charge on any atom is -0.427 e. The van der Waals surface area contributed by atoms with E-state index in [-0.39, 0.29) is 0 Å². The Morgan fingerprint density at radius 2 is 1.45 bits per heavy atom. The molecule has 0 aromatic heterocycles. The van der Waals surface area contributed by atoms with Gasteiger partial charge in [-0.1, -0.05) is 45.4 Å². The Morgan fingerprint density at radius 1 is 0.909 bits per heavy atom. The first-order valence-electron chi connectivity index (χ1n) is 4.63. The minimum atomic E-state index is -1.10. The van der Waals surface area contributed by atoms with Crippen molar-refractivity contribution in [3.05, 3.63) is 0 Å². The largest absolute Gasteiger partial charge is 0.451 e. The average molecular weight is 158 g/mol. The average Bonchev–Trinajstić information content (AvgIpc) is 1.96. The van der Waals surface area contributed by atoms with Gasteiger partial charge in [-0.25, -0.2) is 0 Å². The quantitative estimate of drug-likeness (QED) is 0.438. The van der Waals surface area contributed by atoms with Crippen LogP contribution in [0.25, 0.3) is 0 Å². The highest BCUT2D eigenvalue weighted by Crippen LogP contribution is 2.07. The Labute approximate surface area is 69.8 Å². The van der Waals surface area contributed by atoms with Gasteiger partial charge in [0, 0.05) is 0 Å². The molecule has 11 heavy (non-hydrogen) atoms. The van der Waals surface area contributed by atoms with Crippen molar-refractivity contribution in [1.82, 2.24) is 0 Å². The molecule has 0 aliphatic rings. The van der Waals surface area contributed by atoms with Gasteiger partial charge >= 0.3 is 7.12 Å². The van der Waals surface area contributed by atoms with E-state index < -0.39 is 7.12 Å². The summed E-state index contributed by atoms with van der Waals surface area (Å²) in [4.78, 5) is 0. The summed E-state index contributed by atoms with van der Waals surface area (Å²) in [6, 6.07) is 0. The Kier molecular flexibility index (Phi) is 8.07. The molecule has 0 aromatic carbocycles. The zero-order valence-electron chi connectivity index (χ0n) is 7.42. The van der Waals surface area contributed by atoms with Gasteiger partial charge in [-0.15, -0.1) is 0 Å². The maximum atomic E-state index is 8.51. The fourth-order valence-electron chi connectivity index (χ4n) is 1.11. The third-order valence-electron chi connectivity index (χ3n) is 1.82. The number of unbranched alkanes of at least 4 members (excludes halogenated alkanes) is 5. The first-order valence-corrected chi connectivity index (χ1v) is 4.63. The summed E-state index contributed by atoms with van der Waals surface area (Å²) in [6.07, 6.45) is 7.72.